The van der Waals surface area contributed by atoms with Crippen LogP contribution in [0.5, 0.6) is 23.0 Å². The third-order valence-electron chi connectivity index (χ3n) is 4.56. The Kier molecular flexibility index (Phi) is 5.38. The second-order valence-electron chi connectivity index (χ2n) is 6.38. The van der Waals surface area contributed by atoms with Crippen molar-refractivity contribution in [1.82, 2.24) is 4.90 Å². The summed E-state index contributed by atoms with van der Waals surface area (Å²) in [4.78, 5) is 37.0. The summed E-state index contributed by atoms with van der Waals surface area (Å²) < 4.78 is 15.4. The number of fused-ring (bicyclic) bond motifs is 1. The number of phenols is 1. The van der Waals surface area contributed by atoms with Gasteiger partial charge in [0.15, 0.2) is 17.2 Å². The van der Waals surface area contributed by atoms with Crippen LogP contribution in [0.15, 0.2) is 29.2 Å². The van der Waals surface area contributed by atoms with Gasteiger partial charge in [0.25, 0.3) is 11.1 Å². The van der Waals surface area contributed by atoms with E-state index in [1.54, 1.807) is 12.1 Å². The van der Waals surface area contributed by atoms with E-state index in [1.165, 1.54) is 25.3 Å². The summed E-state index contributed by atoms with van der Waals surface area (Å²) in [7, 11) is 1.18. The molecule has 10 nitrogen and oxygen atoms in total. The lowest BCUT2D eigenvalue weighted by molar-refractivity contribution is -0.386. The van der Waals surface area contributed by atoms with Gasteiger partial charge < -0.3 is 19.3 Å². The average molecular weight is 465 g/mol. The standard InChI is InChI=1S/C19H13ClN2O8S/c1-28-17-12(23)3-2-9(16(17)22(26)27)5-15-18(24)21(19(25)31-15)7-10-4-13-14(6-11(10)20)30-8-29-13/h2-6,23H,7-8H2,1H3/b15-5-. The Morgan fingerprint density at radius 1 is 1.32 bits per heavy atom. The maximum absolute atomic E-state index is 12.8. The average Bonchev–Trinajstić information content (AvgIpc) is 3.28. The van der Waals surface area contributed by atoms with Crippen molar-refractivity contribution in [3.05, 3.63) is 55.4 Å². The summed E-state index contributed by atoms with van der Waals surface area (Å²) in [5.74, 6) is -0.475. The van der Waals surface area contributed by atoms with Crippen LogP contribution in [0.4, 0.5) is 10.5 Å². The first-order valence-electron chi connectivity index (χ1n) is 8.68. The molecule has 4 rings (SSSR count). The molecule has 2 aromatic carbocycles. The van der Waals surface area contributed by atoms with Crippen molar-refractivity contribution in [2.24, 2.45) is 0 Å². The maximum atomic E-state index is 12.8. The van der Waals surface area contributed by atoms with Crippen molar-refractivity contribution >= 4 is 46.3 Å². The van der Waals surface area contributed by atoms with Gasteiger partial charge in [0.2, 0.25) is 12.5 Å². The minimum absolute atomic E-state index is 0.00580. The van der Waals surface area contributed by atoms with Gasteiger partial charge in [-0.1, -0.05) is 11.6 Å². The van der Waals surface area contributed by atoms with Crippen molar-refractivity contribution in [2.75, 3.05) is 13.9 Å². The topological polar surface area (TPSA) is 128 Å². The maximum Gasteiger partial charge on any atom is 0.322 e. The second kappa shape index (κ2) is 8.00. The predicted octanol–water partition coefficient (Wildman–Crippen LogP) is 3.93. The number of nitrogens with zero attached hydrogens (tertiary/aromatic N) is 2. The van der Waals surface area contributed by atoms with E-state index in [0.717, 1.165) is 4.90 Å². The lowest BCUT2D eigenvalue weighted by Crippen LogP contribution is -2.27. The van der Waals surface area contributed by atoms with Gasteiger partial charge in [-0.05, 0) is 41.6 Å². The number of hydrogen-bond acceptors (Lipinski definition) is 9. The molecule has 0 bridgehead atoms. The van der Waals surface area contributed by atoms with E-state index in [2.05, 4.69) is 0 Å². The van der Waals surface area contributed by atoms with Crippen LogP contribution in [0, 0.1) is 10.1 Å². The molecule has 0 spiro atoms. The molecule has 0 aliphatic carbocycles. The summed E-state index contributed by atoms with van der Waals surface area (Å²) in [6.45, 7) is -0.0627. The van der Waals surface area contributed by atoms with Crippen molar-refractivity contribution in [3.8, 4) is 23.0 Å². The van der Waals surface area contributed by atoms with Crippen molar-refractivity contribution in [1.29, 1.82) is 0 Å². The summed E-state index contributed by atoms with van der Waals surface area (Å²) in [6, 6.07) is 5.60. The number of hydrogen-bond donors (Lipinski definition) is 1. The first kappa shape index (κ1) is 20.8. The highest BCUT2D eigenvalue weighted by Crippen LogP contribution is 2.42. The third-order valence-corrected chi connectivity index (χ3v) is 5.82. The van der Waals surface area contributed by atoms with Gasteiger partial charge >= 0.3 is 5.69 Å². The summed E-state index contributed by atoms with van der Waals surface area (Å²) in [6.07, 6.45) is 1.21. The van der Waals surface area contributed by atoms with Crippen LogP contribution in [0.25, 0.3) is 6.08 Å². The highest BCUT2D eigenvalue weighted by Gasteiger charge is 2.36. The number of carbonyl (C=O) groups is 2. The number of aromatic hydroxyl groups is 1. The van der Waals surface area contributed by atoms with Crippen LogP contribution in [-0.4, -0.2) is 40.0 Å². The summed E-state index contributed by atoms with van der Waals surface area (Å²) in [5.41, 5.74) is -0.0360. The zero-order valence-electron chi connectivity index (χ0n) is 15.8. The largest absolute Gasteiger partial charge is 0.504 e. The third kappa shape index (κ3) is 3.73. The van der Waals surface area contributed by atoms with Crippen LogP contribution < -0.4 is 14.2 Å². The first-order chi connectivity index (χ1) is 14.8. The smallest absolute Gasteiger partial charge is 0.322 e. The molecule has 2 aromatic rings. The molecule has 160 valence electrons. The SMILES string of the molecule is COc1c(O)ccc(/C=C2\SC(=O)N(Cc3cc4c(cc3Cl)OCO4)C2=O)c1[N+](=O)[O-]. The number of imide groups is 1. The molecule has 2 aliphatic heterocycles. The van der Waals surface area contributed by atoms with Gasteiger partial charge in [-0.2, -0.15) is 0 Å². The molecule has 1 N–H and O–H groups in total. The highest BCUT2D eigenvalue weighted by atomic mass is 35.5. The highest BCUT2D eigenvalue weighted by molar-refractivity contribution is 8.18. The molecule has 1 fully saturated rings. The number of amides is 2. The van der Waals surface area contributed by atoms with Crippen LogP contribution in [0.3, 0.4) is 0 Å². The number of phenolic OH excluding ortho intramolecular Hbond substituents is 1. The van der Waals surface area contributed by atoms with Crippen LogP contribution in [0.2, 0.25) is 5.02 Å². The lowest BCUT2D eigenvalue weighted by Gasteiger charge is -2.14. The number of benzene rings is 2. The number of rotatable bonds is 5. The Bertz CT molecular complexity index is 1170. The van der Waals surface area contributed by atoms with Crippen LogP contribution in [-0.2, 0) is 11.3 Å². The quantitative estimate of drug-likeness (QED) is 0.397. The Morgan fingerprint density at radius 3 is 2.71 bits per heavy atom. The molecule has 2 aliphatic rings. The Labute approximate surface area is 184 Å². The molecule has 2 heterocycles. The molecular formula is C19H13ClN2O8S. The van der Waals surface area contributed by atoms with Crippen molar-refractivity contribution in [2.45, 2.75) is 6.54 Å². The molecule has 0 aromatic heterocycles. The summed E-state index contributed by atoms with van der Waals surface area (Å²) >= 11 is 6.87. The molecule has 12 heteroatoms. The number of carbonyl (C=O) groups excluding carboxylic acids is 2. The number of methoxy groups -OCH3 is 1. The number of halogens is 1. The number of ether oxygens (including phenoxy) is 3. The molecule has 0 atom stereocenters. The van der Waals surface area contributed by atoms with E-state index in [1.807, 2.05) is 0 Å². The van der Waals surface area contributed by atoms with E-state index in [9.17, 15) is 24.8 Å². The number of nitro groups is 1. The van der Waals surface area contributed by atoms with E-state index < -0.39 is 27.5 Å². The van der Waals surface area contributed by atoms with Gasteiger partial charge in [-0.3, -0.25) is 24.6 Å². The van der Waals surface area contributed by atoms with E-state index in [4.69, 9.17) is 25.8 Å². The van der Waals surface area contributed by atoms with Crippen LogP contribution >= 0.6 is 23.4 Å². The minimum Gasteiger partial charge on any atom is -0.504 e. The monoisotopic (exact) mass is 464 g/mol. The Balaban J connectivity index is 1.65. The van der Waals surface area contributed by atoms with Crippen molar-refractivity contribution < 1.29 is 33.8 Å². The molecular weight excluding hydrogens is 452 g/mol. The molecule has 0 saturated carbocycles. The van der Waals surface area contributed by atoms with Gasteiger partial charge in [0, 0.05) is 11.1 Å². The molecule has 2 amide bonds. The first-order valence-corrected chi connectivity index (χ1v) is 9.87. The molecule has 0 radical (unpaired) electrons. The van der Waals surface area contributed by atoms with Crippen molar-refractivity contribution in [3.63, 3.8) is 0 Å². The molecule has 1 saturated heterocycles. The number of nitro benzene ring substituents is 1. The van der Waals surface area contributed by atoms with Gasteiger partial charge in [0.1, 0.15) is 0 Å². The van der Waals surface area contributed by atoms with Gasteiger partial charge in [-0.25, -0.2) is 0 Å². The van der Waals surface area contributed by atoms with Crippen LogP contribution in [0.1, 0.15) is 11.1 Å². The minimum atomic E-state index is -0.735. The number of thioether (sulfide) groups is 1. The Hall–Kier alpha value is -3.44. The second-order valence-corrected chi connectivity index (χ2v) is 7.78. The zero-order valence-corrected chi connectivity index (χ0v) is 17.4. The van der Waals surface area contributed by atoms with E-state index in [-0.39, 0.29) is 29.6 Å². The lowest BCUT2D eigenvalue weighted by atomic mass is 10.1. The predicted molar refractivity (Wildman–Crippen MR) is 110 cm³/mol. The van der Waals surface area contributed by atoms with E-state index >= 15 is 0 Å². The Morgan fingerprint density at radius 2 is 2.03 bits per heavy atom. The summed E-state index contributed by atoms with van der Waals surface area (Å²) in [5, 5.41) is 21.0. The fraction of sp³-hybridized carbons (Fsp3) is 0.158. The normalized spacial score (nSPS) is 16.3. The van der Waals surface area contributed by atoms with E-state index in [0.29, 0.717) is 33.8 Å². The van der Waals surface area contributed by atoms with Gasteiger partial charge in [0.05, 0.1) is 29.0 Å². The fourth-order valence-electron chi connectivity index (χ4n) is 3.11. The molecule has 31 heavy (non-hydrogen) atoms. The van der Waals surface area contributed by atoms with Gasteiger partial charge in [-0.15, -0.1) is 0 Å². The fourth-order valence-corrected chi connectivity index (χ4v) is 4.15. The molecule has 0 unspecified atom stereocenters. The zero-order chi connectivity index (χ0) is 22.3.